The molecule has 1 N–H and O–H groups in total. The number of aryl methyl sites for hydroxylation is 1. The second-order valence-electron chi connectivity index (χ2n) is 3.84. The molecule has 2 rings (SSSR count). The van der Waals surface area contributed by atoms with Gasteiger partial charge in [-0.15, -0.1) is 0 Å². The maximum absolute atomic E-state index is 10.9. The number of aliphatic hydroxyl groups is 1. The Morgan fingerprint density at radius 1 is 1.71 bits per heavy atom. The molecule has 7 heteroatoms. The molecule has 1 aromatic rings. The van der Waals surface area contributed by atoms with Crippen LogP contribution in [0.15, 0.2) is 18.0 Å². The number of aliphatic hydroxyl groups excluding tert-OH is 1. The molecule has 1 atom stereocenters. The van der Waals surface area contributed by atoms with Crippen molar-refractivity contribution in [1.82, 2.24) is 9.78 Å². The Bertz CT molecular complexity index is 466. The molecule has 1 aromatic heterocycles. The summed E-state index contributed by atoms with van der Waals surface area (Å²) in [5.74, 6) is 0.261. The second-order valence-corrected chi connectivity index (χ2v) is 3.84. The summed E-state index contributed by atoms with van der Waals surface area (Å²) in [5, 5.41) is 24.1. The topological polar surface area (TPSA) is 90.4 Å². The lowest BCUT2D eigenvalue weighted by molar-refractivity contribution is -0.386. The van der Waals surface area contributed by atoms with Crippen molar-refractivity contribution < 1.29 is 14.8 Å². The molecule has 1 aliphatic rings. The van der Waals surface area contributed by atoms with Crippen molar-refractivity contribution in [3.8, 4) is 0 Å². The van der Waals surface area contributed by atoms with E-state index in [0.29, 0.717) is 25.1 Å². The zero-order chi connectivity index (χ0) is 12.4. The van der Waals surface area contributed by atoms with Crippen LogP contribution in [0.2, 0.25) is 0 Å². The first kappa shape index (κ1) is 11.6. The standard InChI is InChI=1S/C10H13N3O4/c1-12-10(8(6-11-12)13(15)16)9-3-2-7(14)4-5-17-9/h2,6,9,14H,3-5H2,1H3. The summed E-state index contributed by atoms with van der Waals surface area (Å²) in [6.07, 6.45) is 3.25. The van der Waals surface area contributed by atoms with Crippen molar-refractivity contribution in [1.29, 1.82) is 0 Å². The van der Waals surface area contributed by atoms with Crippen LogP contribution in [0.3, 0.4) is 0 Å². The van der Waals surface area contributed by atoms with Crippen LogP contribution < -0.4 is 0 Å². The zero-order valence-electron chi connectivity index (χ0n) is 9.37. The summed E-state index contributed by atoms with van der Waals surface area (Å²) >= 11 is 0. The highest BCUT2D eigenvalue weighted by Crippen LogP contribution is 2.31. The minimum Gasteiger partial charge on any atom is -0.513 e. The van der Waals surface area contributed by atoms with Crippen molar-refractivity contribution in [3.63, 3.8) is 0 Å². The van der Waals surface area contributed by atoms with E-state index in [1.165, 1.54) is 10.9 Å². The Morgan fingerprint density at radius 3 is 3.18 bits per heavy atom. The molecule has 0 fully saturated rings. The average Bonchev–Trinajstić information content (AvgIpc) is 2.52. The van der Waals surface area contributed by atoms with Crippen LogP contribution in [-0.2, 0) is 11.8 Å². The van der Waals surface area contributed by atoms with Crippen LogP contribution in [0.1, 0.15) is 24.6 Å². The normalized spacial score (nSPS) is 20.8. The van der Waals surface area contributed by atoms with Gasteiger partial charge in [-0.25, -0.2) is 0 Å². The Kier molecular flexibility index (Phi) is 3.10. The van der Waals surface area contributed by atoms with Gasteiger partial charge in [-0.3, -0.25) is 14.8 Å². The first-order chi connectivity index (χ1) is 8.09. The molecule has 2 heterocycles. The van der Waals surface area contributed by atoms with E-state index in [0.717, 1.165) is 0 Å². The molecule has 0 aliphatic carbocycles. The van der Waals surface area contributed by atoms with Gasteiger partial charge < -0.3 is 9.84 Å². The molecule has 0 aromatic carbocycles. The van der Waals surface area contributed by atoms with Gasteiger partial charge in [-0.2, -0.15) is 5.10 Å². The minimum atomic E-state index is -0.472. The monoisotopic (exact) mass is 239 g/mol. The first-order valence-electron chi connectivity index (χ1n) is 5.25. The minimum absolute atomic E-state index is 0.0488. The van der Waals surface area contributed by atoms with Gasteiger partial charge in [-0.05, 0) is 6.08 Å². The fraction of sp³-hybridized carbons (Fsp3) is 0.500. The molecule has 17 heavy (non-hydrogen) atoms. The number of ether oxygens (including phenoxy) is 1. The smallest absolute Gasteiger partial charge is 0.312 e. The van der Waals surface area contributed by atoms with E-state index in [2.05, 4.69) is 5.10 Å². The highest BCUT2D eigenvalue weighted by molar-refractivity contribution is 5.35. The Hall–Kier alpha value is -1.89. The fourth-order valence-electron chi connectivity index (χ4n) is 1.86. The quantitative estimate of drug-likeness (QED) is 0.625. The lowest BCUT2D eigenvalue weighted by Gasteiger charge is -2.13. The van der Waals surface area contributed by atoms with Gasteiger partial charge in [0.25, 0.3) is 0 Å². The van der Waals surface area contributed by atoms with Crippen LogP contribution >= 0.6 is 0 Å². The van der Waals surface area contributed by atoms with Crippen LogP contribution in [-0.4, -0.2) is 26.4 Å². The van der Waals surface area contributed by atoms with Gasteiger partial charge in [0.1, 0.15) is 18.0 Å². The van der Waals surface area contributed by atoms with Gasteiger partial charge in [0.05, 0.1) is 17.3 Å². The third-order valence-electron chi connectivity index (χ3n) is 2.71. The van der Waals surface area contributed by atoms with E-state index in [1.807, 2.05) is 0 Å². The van der Waals surface area contributed by atoms with Gasteiger partial charge in [0, 0.05) is 19.9 Å². The molecule has 0 saturated heterocycles. The van der Waals surface area contributed by atoms with E-state index >= 15 is 0 Å². The highest BCUT2D eigenvalue weighted by Gasteiger charge is 2.28. The molecule has 0 radical (unpaired) electrons. The molecule has 0 amide bonds. The molecular weight excluding hydrogens is 226 g/mol. The van der Waals surface area contributed by atoms with Gasteiger partial charge in [0.15, 0.2) is 0 Å². The molecule has 7 nitrogen and oxygen atoms in total. The lowest BCUT2D eigenvalue weighted by atomic mass is 10.1. The summed E-state index contributed by atoms with van der Waals surface area (Å²) in [6.45, 7) is 0.343. The number of aromatic nitrogens is 2. The molecule has 1 unspecified atom stereocenters. The third-order valence-corrected chi connectivity index (χ3v) is 2.71. The van der Waals surface area contributed by atoms with E-state index in [9.17, 15) is 15.2 Å². The fourth-order valence-corrected chi connectivity index (χ4v) is 1.86. The maximum atomic E-state index is 10.9. The highest BCUT2D eigenvalue weighted by atomic mass is 16.6. The molecule has 0 spiro atoms. The SMILES string of the molecule is Cn1ncc([N+](=O)[O-])c1C1CC=C(O)CCO1. The van der Waals surface area contributed by atoms with Crippen molar-refractivity contribution >= 4 is 5.69 Å². The van der Waals surface area contributed by atoms with E-state index in [1.54, 1.807) is 13.1 Å². The summed E-state index contributed by atoms with van der Waals surface area (Å²) in [6, 6.07) is 0. The molecule has 0 saturated carbocycles. The maximum Gasteiger partial charge on any atom is 0.312 e. The number of nitrogens with zero attached hydrogens (tertiary/aromatic N) is 3. The van der Waals surface area contributed by atoms with Gasteiger partial charge in [0.2, 0.25) is 0 Å². The Morgan fingerprint density at radius 2 is 2.47 bits per heavy atom. The number of nitro groups is 1. The first-order valence-corrected chi connectivity index (χ1v) is 5.25. The van der Waals surface area contributed by atoms with E-state index < -0.39 is 11.0 Å². The molecule has 1 aliphatic heterocycles. The van der Waals surface area contributed by atoms with Gasteiger partial charge >= 0.3 is 5.69 Å². The van der Waals surface area contributed by atoms with E-state index in [-0.39, 0.29) is 11.4 Å². The largest absolute Gasteiger partial charge is 0.513 e. The van der Waals surface area contributed by atoms with Crippen LogP contribution in [0, 0.1) is 10.1 Å². The summed E-state index contributed by atoms with van der Waals surface area (Å²) in [4.78, 5) is 10.4. The molecule has 92 valence electrons. The van der Waals surface area contributed by atoms with E-state index in [4.69, 9.17) is 4.74 Å². The number of hydrogen-bond acceptors (Lipinski definition) is 5. The molecule has 0 bridgehead atoms. The van der Waals surface area contributed by atoms with Crippen molar-refractivity contribution in [2.24, 2.45) is 7.05 Å². The van der Waals surface area contributed by atoms with Gasteiger partial charge in [-0.1, -0.05) is 0 Å². The Balaban J connectivity index is 2.33. The van der Waals surface area contributed by atoms with Crippen molar-refractivity contribution in [2.75, 3.05) is 6.61 Å². The second kappa shape index (κ2) is 4.54. The third kappa shape index (κ3) is 2.28. The average molecular weight is 239 g/mol. The van der Waals surface area contributed by atoms with Crippen LogP contribution in [0.4, 0.5) is 5.69 Å². The number of hydrogen-bond donors (Lipinski definition) is 1. The molecular formula is C10H13N3O4. The van der Waals surface area contributed by atoms with Crippen molar-refractivity contribution in [3.05, 3.63) is 33.8 Å². The Labute approximate surface area is 97.5 Å². The zero-order valence-corrected chi connectivity index (χ0v) is 9.37. The lowest BCUT2D eigenvalue weighted by Crippen LogP contribution is -2.10. The summed E-state index contributed by atoms with van der Waals surface area (Å²) in [5.41, 5.74) is 0.383. The van der Waals surface area contributed by atoms with Crippen LogP contribution in [0.5, 0.6) is 0 Å². The van der Waals surface area contributed by atoms with Crippen LogP contribution in [0.25, 0.3) is 0 Å². The summed E-state index contributed by atoms with van der Waals surface area (Å²) < 4.78 is 6.96. The predicted octanol–water partition coefficient (Wildman–Crippen LogP) is 1.62. The number of rotatable bonds is 2. The predicted molar refractivity (Wildman–Crippen MR) is 58.5 cm³/mol. The van der Waals surface area contributed by atoms with Crippen molar-refractivity contribution in [2.45, 2.75) is 18.9 Å². The summed E-state index contributed by atoms with van der Waals surface area (Å²) in [7, 11) is 1.64.